The molecule has 194 valence electrons. The summed E-state index contributed by atoms with van der Waals surface area (Å²) in [6.07, 6.45) is 2.11. The van der Waals surface area contributed by atoms with Gasteiger partial charge in [0.2, 0.25) is 5.91 Å². The van der Waals surface area contributed by atoms with Gasteiger partial charge in [-0.25, -0.2) is 0 Å². The van der Waals surface area contributed by atoms with E-state index in [-0.39, 0.29) is 36.1 Å². The minimum Gasteiger partial charge on any atom is -0.354 e. The van der Waals surface area contributed by atoms with Crippen molar-refractivity contribution in [3.63, 3.8) is 0 Å². The lowest BCUT2D eigenvalue weighted by Gasteiger charge is -2.42. The van der Waals surface area contributed by atoms with Gasteiger partial charge in [-0.2, -0.15) is 0 Å². The quantitative estimate of drug-likeness (QED) is 0.330. The Labute approximate surface area is 220 Å². The highest BCUT2D eigenvalue weighted by Gasteiger charge is 2.38. The molecule has 0 spiro atoms. The van der Waals surface area contributed by atoms with Crippen LogP contribution in [0.15, 0.2) is 42.5 Å². The number of hydrogen-bond acceptors (Lipinski definition) is 3. The van der Waals surface area contributed by atoms with Crippen molar-refractivity contribution in [1.29, 1.82) is 0 Å². The lowest BCUT2D eigenvalue weighted by Crippen LogP contribution is -2.49. The third kappa shape index (κ3) is 8.12. The van der Waals surface area contributed by atoms with E-state index in [9.17, 15) is 4.79 Å². The molecule has 0 aliphatic rings. The van der Waals surface area contributed by atoms with Crippen molar-refractivity contribution in [3.8, 4) is 0 Å². The van der Waals surface area contributed by atoms with Crippen LogP contribution in [0.1, 0.15) is 59.9 Å². The predicted octanol–water partition coefficient (Wildman–Crippen LogP) is 6.16. The summed E-state index contributed by atoms with van der Waals surface area (Å²) in [4.78, 5) is 17.6. The van der Waals surface area contributed by atoms with Crippen molar-refractivity contribution < 1.29 is 4.79 Å². The molecule has 0 aliphatic carbocycles. The van der Waals surface area contributed by atoms with E-state index in [4.69, 9.17) is 0 Å². The third-order valence-corrected chi connectivity index (χ3v) is 7.51. The van der Waals surface area contributed by atoms with E-state index in [1.165, 1.54) is 16.3 Å². The van der Waals surface area contributed by atoms with Crippen molar-refractivity contribution in [2.75, 3.05) is 45.8 Å². The van der Waals surface area contributed by atoms with Crippen molar-refractivity contribution in [2.45, 2.75) is 59.8 Å². The summed E-state index contributed by atoms with van der Waals surface area (Å²) in [5.41, 5.74) is 1.26. The maximum atomic E-state index is 12.9. The van der Waals surface area contributed by atoms with Gasteiger partial charge in [-0.1, -0.05) is 90.4 Å². The zero-order valence-electron chi connectivity index (χ0n) is 22.1. The molecule has 0 fully saturated rings. The van der Waals surface area contributed by atoms with Crippen molar-refractivity contribution in [2.24, 2.45) is 5.92 Å². The number of benzene rings is 2. The Kier molecular flexibility index (Phi) is 15.7. The fourth-order valence-corrected chi connectivity index (χ4v) is 4.91. The van der Waals surface area contributed by atoms with Crippen LogP contribution in [0.5, 0.6) is 0 Å². The van der Waals surface area contributed by atoms with Crippen LogP contribution in [0.4, 0.5) is 0 Å². The van der Waals surface area contributed by atoms with E-state index in [2.05, 4.69) is 99.1 Å². The van der Waals surface area contributed by atoms with Gasteiger partial charge in [0.1, 0.15) is 0 Å². The Balaban J connectivity index is 0.00000544. The molecular formula is C28H47Cl2N3O. The second-order valence-corrected chi connectivity index (χ2v) is 9.01. The topological polar surface area (TPSA) is 35.6 Å². The molecule has 0 aromatic heterocycles. The summed E-state index contributed by atoms with van der Waals surface area (Å²) in [5.74, 6) is 0.571. The van der Waals surface area contributed by atoms with E-state index in [1.807, 2.05) is 0 Å². The zero-order valence-corrected chi connectivity index (χ0v) is 23.7. The maximum absolute atomic E-state index is 12.9. The molecule has 34 heavy (non-hydrogen) atoms. The number of halogens is 2. The fraction of sp³-hybridized carbons (Fsp3) is 0.607. The normalized spacial score (nSPS) is 13.8. The van der Waals surface area contributed by atoms with Gasteiger partial charge in [0.25, 0.3) is 0 Å². The van der Waals surface area contributed by atoms with Gasteiger partial charge in [-0.3, -0.25) is 9.69 Å². The number of likely N-dealkylation sites (N-methyl/N-ethyl adjacent to an activating group) is 1. The van der Waals surface area contributed by atoms with Crippen LogP contribution < -0.4 is 5.32 Å². The summed E-state index contributed by atoms with van der Waals surface area (Å²) in [6, 6.07) is 15.4. The SMILES string of the molecule is CCC(C)C(CCN(CC)CC)(CNC(=O)CN(CC)CC)c1cccc2ccccc12.Cl.Cl. The number of nitrogens with zero attached hydrogens (tertiary/aromatic N) is 2. The van der Waals surface area contributed by atoms with Gasteiger partial charge in [0, 0.05) is 12.0 Å². The van der Waals surface area contributed by atoms with Crippen molar-refractivity contribution in [1.82, 2.24) is 15.1 Å². The molecule has 2 aromatic rings. The largest absolute Gasteiger partial charge is 0.354 e. The summed E-state index contributed by atoms with van der Waals surface area (Å²) in [6.45, 7) is 19.4. The minimum absolute atomic E-state index is 0. The Morgan fingerprint density at radius 2 is 1.47 bits per heavy atom. The molecule has 6 heteroatoms. The summed E-state index contributed by atoms with van der Waals surface area (Å²) in [5, 5.41) is 5.95. The Bertz CT molecular complexity index is 834. The van der Waals surface area contributed by atoms with Gasteiger partial charge in [0.05, 0.1) is 6.54 Å². The number of nitrogens with one attached hydrogen (secondary N) is 1. The molecular weight excluding hydrogens is 465 g/mol. The summed E-state index contributed by atoms with van der Waals surface area (Å²) >= 11 is 0. The van der Waals surface area contributed by atoms with Gasteiger partial charge in [-0.15, -0.1) is 24.8 Å². The van der Waals surface area contributed by atoms with Crippen LogP contribution in [0.25, 0.3) is 10.8 Å². The van der Waals surface area contributed by atoms with E-state index in [0.29, 0.717) is 19.0 Å². The first-order chi connectivity index (χ1) is 15.4. The van der Waals surface area contributed by atoms with Crippen LogP contribution in [0, 0.1) is 5.92 Å². The molecule has 2 atom stereocenters. The molecule has 0 saturated heterocycles. The minimum atomic E-state index is -0.114. The van der Waals surface area contributed by atoms with Crippen LogP contribution in [-0.2, 0) is 10.2 Å². The second-order valence-electron chi connectivity index (χ2n) is 9.01. The molecule has 0 saturated carbocycles. The Morgan fingerprint density at radius 3 is 2.06 bits per heavy atom. The molecule has 2 aromatic carbocycles. The van der Waals surface area contributed by atoms with Gasteiger partial charge >= 0.3 is 0 Å². The molecule has 0 bridgehead atoms. The third-order valence-electron chi connectivity index (χ3n) is 7.51. The average molecular weight is 513 g/mol. The van der Waals surface area contributed by atoms with E-state index in [0.717, 1.165) is 45.6 Å². The lowest BCUT2D eigenvalue weighted by atomic mass is 9.66. The van der Waals surface area contributed by atoms with Crippen LogP contribution >= 0.6 is 24.8 Å². The van der Waals surface area contributed by atoms with Crippen LogP contribution in [-0.4, -0.2) is 61.5 Å². The second kappa shape index (κ2) is 16.4. The smallest absolute Gasteiger partial charge is 0.234 e. The first kappa shape index (κ1) is 32.7. The highest BCUT2D eigenvalue weighted by molar-refractivity contribution is 5.87. The molecule has 4 nitrogen and oxygen atoms in total. The molecule has 1 N–H and O–H groups in total. The molecule has 2 unspecified atom stereocenters. The Morgan fingerprint density at radius 1 is 0.882 bits per heavy atom. The molecule has 1 amide bonds. The number of amides is 1. The number of fused-ring (bicyclic) bond motifs is 1. The predicted molar refractivity (Wildman–Crippen MR) is 153 cm³/mol. The standard InChI is InChI=1S/C28H45N3O.2ClH/c1-7-23(6)28(19-20-30(8-2)9-3,22-29-27(32)21-31(10-4)11-5)26-18-14-16-24-15-12-13-17-25(24)26;;/h12-18,23H,7-11,19-22H2,1-6H3,(H,29,32);2*1H. The average Bonchev–Trinajstić information content (AvgIpc) is 2.84. The number of carbonyl (C=O) groups is 1. The molecule has 0 heterocycles. The molecule has 0 radical (unpaired) electrons. The number of hydrogen-bond donors (Lipinski definition) is 1. The van der Waals surface area contributed by atoms with E-state index >= 15 is 0 Å². The molecule has 2 rings (SSSR count). The van der Waals surface area contributed by atoms with Gasteiger partial charge in [0.15, 0.2) is 0 Å². The lowest BCUT2D eigenvalue weighted by molar-refractivity contribution is -0.122. The van der Waals surface area contributed by atoms with Gasteiger partial charge < -0.3 is 10.2 Å². The molecule has 0 aliphatic heterocycles. The highest BCUT2D eigenvalue weighted by Crippen LogP contribution is 2.41. The van der Waals surface area contributed by atoms with E-state index < -0.39 is 0 Å². The number of carbonyl (C=O) groups excluding carboxylic acids is 1. The highest BCUT2D eigenvalue weighted by atomic mass is 35.5. The maximum Gasteiger partial charge on any atom is 0.234 e. The summed E-state index contributed by atoms with van der Waals surface area (Å²) < 4.78 is 0. The Hall–Kier alpha value is -1.33. The van der Waals surface area contributed by atoms with Crippen molar-refractivity contribution >= 4 is 41.5 Å². The summed E-state index contributed by atoms with van der Waals surface area (Å²) in [7, 11) is 0. The van der Waals surface area contributed by atoms with E-state index in [1.54, 1.807) is 0 Å². The van der Waals surface area contributed by atoms with Gasteiger partial charge in [-0.05, 0) is 61.4 Å². The number of rotatable bonds is 14. The van der Waals surface area contributed by atoms with Crippen LogP contribution in [0.3, 0.4) is 0 Å². The van der Waals surface area contributed by atoms with Crippen molar-refractivity contribution in [3.05, 3.63) is 48.0 Å². The monoisotopic (exact) mass is 511 g/mol. The fourth-order valence-electron chi connectivity index (χ4n) is 4.91. The zero-order chi connectivity index (χ0) is 23.6. The first-order valence-corrected chi connectivity index (χ1v) is 12.6. The van der Waals surface area contributed by atoms with Crippen LogP contribution in [0.2, 0.25) is 0 Å². The first-order valence-electron chi connectivity index (χ1n) is 12.6.